The van der Waals surface area contributed by atoms with E-state index in [4.69, 9.17) is 0 Å². The van der Waals surface area contributed by atoms with Crippen molar-refractivity contribution in [3.63, 3.8) is 0 Å². The van der Waals surface area contributed by atoms with Crippen LogP contribution in [0.15, 0.2) is 71.6 Å². The number of hydrogen-bond acceptors (Lipinski definition) is 4. The first-order valence-corrected chi connectivity index (χ1v) is 11.6. The van der Waals surface area contributed by atoms with Crippen molar-refractivity contribution >= 4 is 38.9 Å². The van der Waals surface area contributed by atoms with Gasteiger partial charge in [-0.25, -0.2) is 8.42 Å². The van der Waals surface area contributed by atoms with Crippen LogP contribution in [0, 0.1) is 6.92 Å². The van der Waals surface area contributed by atoms with Crippen LogP contribution in [0.5, 0.6) is 0 Å². The predicted octanol–water partition coefficient (Wildman–Crippen LogP) is 3.96. The summed E-state index contributed by atoms with van der Waals surface area (Å²) in [6.07, 6.45) is 0.731. The van der Waals surface area contributed by atoms with Crippen LogP contribution >= 0.6 is 0 Å². The molecule has 3 aromatic carbocycles. The van der Waals surface area contributed by atoms with Gasteiger partial charge in [0.2, 0.25) is 5.91 Å². The summed E-state index contributed by atoms with van der Waals surface area (Å²) in [5.74, 6) is -0.367. The average molecular weight is 450 g/mol. The fraction of sp³-hybridized carbons (Fsp3) is 0.167. The first-order valence-electron chi connectivity index (χ1n) is 10.1. The number of nitrogens with one attached hydrogen (secondary N) is 2. The molecule has 0 fully saturated rings. The monoisotopic (exact) mass is 449 g/mol. The molecular formula is C24H23N3O4S. The van der Waals surface area contributed by atoms with Crippen LogP contribution in [0.4, 0.5) is 17.1 Å². The molecule has 0 radical (unpaired) electrons. The molecule has 0 atom stereocenters. The van der Waals surface area contributed by atoms with Gasteiger partial charge in [-0.05, 0) is 67.4 Å². The van der Waals surface area contributed by atoms with E-state index in [1.54, 1.807) is 41.3 Å². The first-order chi connectivity index (χ1) is 15.2. The van der Waals surface area contributed by atoms with E-state index in [9.17, 15) is 18.0 Å². The van der Waals surface area contributed by atoms with Crippen molar-refractivity contribution < 1.29 is 18.0 Å². The molecule has 0 aromatic heterocycles. The van der Waals surface area contributed by atoms with Crippen molar-refractivity contribution in [1.29, 1.82) is 0 Å². The molecule has 164 valence electrons. The zero-order chi connectivity index (χ0) is 22.9. The fourth-order valence-corrected chi connectivity index (χ4v) is 4.71. The number of nitrogens with zero attached hydrogens (tertiary/aromatic N) is 1. The average Bonchev–Trinajstić information content (AvgIpc) is 3.17. The summed E-state index contributed by atoms with van der Waals surface area (Å²) in [4.78, 5) is 26.3. The molecule has 4 rings (SSSR count). The molecule has 32 heavy (non-hydrogen) atoms. The minimum atomic E-state index is -3.76. The van der Waals surface area contributed by atoms with Gasteiger partial charge >= 0.3 is 0 Å². The standard InChI is InChI=1S/C24H23N3O4S/c1-16-6-9-22(10-7-16)32(30,31)26-21-5-3-4-19(15-21)24(29)25-20-8-11-23-18(14-20)12-13-27(23)17(2)28/h3-11,14-15,26H,12-13H2,1-2H3,(H,25,29). The topological polar surface area (TPSA) is 95.6 Å². The van der Waals surface area contributed by atoms with E-state index in [0.717, 1.165) is 23.2 Å². The van der Waals surface area contributed by atoms with Gasteiger partial charge in [0.1, 0.15) is 0 Å². The van der Waals surface area contributed by atoms with Crippen LogP contribution in [0.25, 0.3) is 0 Å². The molecule has 2 N–H and O–H groups in total. The third-order valence-corrected chi connectivity index (χ3v) is 6.72. The highest BCUT2D eigenvalue weighted by atomic mass is 32.2. The Morgan fingerprint density at radius 3 is 2.41 bits per heavy atom. The van der Waals surface area contributed by atoms with Crippen molar-refractivity contribution in [1.82, 2.24) is 0 Å². The Bertz CT molecular complexity index is 1300. The summed E-state index contributed by atoms with van der Waals surface area (Å²) in [5, 5.41) is 2.84. The lowest BCUT2D eigenvalue weighted by atomic mass is 10.1. The molecule has 0 spiro atoms. The van der Waals surface area contributed by atoms with Gasteiger partial charge in [-0.3, -0.25) is 14.3 Å². The summed E-state index contributed by atoms with van der Waals surface area (Å²) >= 11 is 0. The number of sulfonamides is 1. The smallest absolute Gasteiger partial charge is 0.261 e. The summed E-state index contributed by atoms with van der Waals surface area (Å²) < 4.78 is 27.8. The van der Waals surface area contributed by atoms with Crippen LogP contribution < -0.4 is 14.9 Å². The van der Waals surface area contributed by atoms with E-state index in [1.807, 2.05) is 19.1 Å². The van der Waals surface area contributed by atoms with Gasteiger partial charge < -0.3 is 10.2 Å². The van der Waals surface area contributed by atoms with Crippen LogP contribution in [-0.2, 0) is 21.2 Å². The van der Waals surface area contributed by atoms with E-state index in [-0.39, 0.29) is 16.7 Å². The lowest BCUT2D eigenvalue weighted by Crippen LogP contribution is -2.25. The second-order valence-corrected chi connectivity index (χ2v) is 9.40. The van der Waals surface area contributed by atoms with E-state index >= 15 is 0 Å². The molecule has 7 nitrogen and oxygen atoms in total. The van der Waals surface area contributed by atoms with Crippen molar-refractivity contribution in [3.8, 4) is 0 Å². The Labute approximate surface area is 187 Å². The number of fused-ring (bicyclic) bond motifs is 1. The maximum absolute atomic E-state index is 12.8. The van der Waals surface area contributed by atoms with Crippen molar-refractivity contribution in [3.05, 3.63) is 83.4 Å². The number of aryl methyl sites for hydroxylation is 1. The second-order valence-electron chi connectivity index (χ2n) is 7.72. The summed E-state index contributed by atoms with van der Waals surface area (Å²) in [7, 11) is -3.76. The number of carbonyl (C=O) groups is 2. The minimum absolute atomic E-state index is 0.00885. The third kappa shape index (κ3) is 4.50. The molecule has 1 aliphatic heterocycles. The van der Waals surface area contributed by atoms with Gasteiger partial charge in [0.25, 0.3) is 15.9 Å². The van der Waals surface area contributed by atoms with Gasteiger partial charge in [-0.1, -0.05) is 23.8 Å². The van der Waals surface area contributed by atoms with Crippen LogP contribution in [0.3, 0.4) is 0 Å². The molecule has 1 aliphatic rings. The zero-order valence-electron chi connectivity index (χ0n) is 17.8. The summed E-state index contributed by atoms with van der Waals surface area (Å²) in [6.45, 7) is 4.04. The molecule has 1 heterocycles. The van der Waals surface area contributed by atoms with Gasteiger partial charge in [0.05, 0.1) is 4.90 Å². The number of rotatable bonds is 5. The first kappa shape index (κ1) is 21.6. The van der Waals surface area contributed by atoms with E-state index in [2.05, 4.69) is 10.0 Å². The van der Waals surface area contributed by atoms with Gasteiger partial charge in [0, 0.05) is 36.1 Å². The lowest BCUT2D eigenvalue weighted by Gasteiger charge is -2.15. The normalized spacial score (nSPS) is 12.9. The quantitative estimate of drug-likeness (QED) is 0.616. The molecule has 3 aromatic rings. The maximum atomic E-state index is 12.8. The summed E-state index contributed by atoms with van der Waals surface area (Å²) in [5.41, 5.74) is 4.05. The predicted molar refractivity (Wildman–Crippen MR) is 125 cm³/mol. The van der Waals surface area contributed by atoms with Crippen LogP contribution in [0.2, 0.25) is 0 Å². The van der Waals surface area contributed by atoms with Gasteiger partial charge in [-0.2, -0.15) is 0 Å². The molecule has 0 saturated carbocycles. The molecule has 0 unspecified atom stereocenters. The molecule has 2 amide bonds. The highest BCUT2D eigenvalue weighted by molar-refractivity contribution is 7.92. The number of anilines is 3. The van der Waals surface area contributed by atoms with Gasteiger partial charge in [0.15, 0.2) is 0 Å². The molecular weight excluding hydrogens is 426 g/mol. The Morgan fingerprint density at radius 1 is 0.938 bits per heavy atom. The minimum Gasteiger partial charge on any atom is -0.322 e. The highest BCUT2D eigenvalue weighted by Crippen LogP contribution is 2.30. The van der Waals surface area contributed by atoms with Crippen LogP contribution in [-0.4, -0.2) is 26.8 Å². The Hall–Kier alpha value is -3.65. The number of hydrogen-bond donors (Lipinski definition) is 2. The maximum Gasteiger partial charge on any atom is 0.261 e. The van der Waals surface area contributed by atoms with E-state index < -0.39 is 10.0 Å². The SMILES string of the molecule is CC(=O)N1CCc2cc(NC(=O)c3cccc(NS(=O)(=O)c4ccc(C)cc4)c3)ccc21. The largest absolute Gasteiger partial charge is 0.322 e. The Balaban J connectivity index is 1.49. The molecule has 0 bridgehead atoms. The molecule has 0 aliphatic carbocycles. The molecule has 0 saturated heterocycles. The van der Waals surface area contributed by atoms with Crippen molar-refractivity contribution in [2.24, 2.45) is 0 Å². The number of benzene rings is 3. The third-order valence-electron chi connectivity index (χ3n) is 5.32. The van der Waals surface area contributed by atoms with Crippen molar-refractivity contribution in [2.45, 2.75) is 25.2 Å². The highest BCUT2D eigenvalue weighted by Gasteiger charge is 2.22. The summed E-state index contributed by atoms with van der Waals surface area (Å²) in [6, 6.07) is 18.3. The van der Waals surface area contributed by atoms with Gasteiger partial charge in [-0.15, -0.1) is 0 Å². The van der Waals surface area contributed by atoms with Crippen molar-refractivity contribution in [2.75, 3.05) is 21.5 Å². The molecule has 8 heteroatoms. The Kier molecular flexibility index (Phi) is 5.71. The van der Waals surface area contributed by atoms with E-state index in [1.165, 1.54) is 25.1 Å². The number of carbonyl (C=O) groups excluding carboxylic acids is 2. The van der Waals surface area contributed by atoms with E-state index in [0.29, 0.717) is 23.5 Å². The Morgan fingerprint density at radius 2 is 1.69 bits per heavy atom. The second kappa shape index (κ2) is 8.47. The van der Waals surface area contributed by atoms with Crippen LogP contribution in [0.1, 0.15) is 28.4 Å². The lowest BCUT2D eigenvalue weighted by molar-refractivity contribution is -0.116. The number of amides is 2. The zero-order valence-corrected chi connectivity index (χ0v) is 18.6. The fourth-order valence-electron chi connectivity index (χ4n) is 3.67.